The molecule has 0 radical (unpaired) electrons. The molecule has 19 heavy (non-hydrogen) atoms. The minimum absolute atomic E-state index is 0.549. The van der Waals surface area contributed by atoms with Gasteiger partial charge in [0.15, 0.2) is 4.80 Å². The maximum Gasteiger partial charge on any atom is 0.261 e. The maximum absolute atomic E-state index is 9.19. The van der Waals surface area contributed by atoms with E-state index >= 15 is 0 Å². The molecule has 0 aliphatic heterocycles. The Labute approximate surface area is 115 Å². The first-order valence-electron chi connectivity index (χ1n) is 5.25. The Hall–Kier alpha value is -1.38. The lowest BCUT2D eigenvalue weighted by atomic mass is 10.2. The fraction of sp³-hybridized carbons (Fsp3) is 0.364. The summed E-state index contributed by atoms with van der Waals surface area (Å²) in [5.41, 5.74) is 2.21. The second kappa shape index (κ2) is 5.72. The van der Waals surface area contributed by atoms with Crippen LogP contribution in [0, 0.1) is 12.3 Å². The lowest BCUT2D eigenvalue weighted by molar-refractivity contribution is 0.417. The summed E-state index contributed by atoms with van der Waals surface area (Å²) in [6, 6.07) is 3.97. The zero-order valence-corrected chi connectivity index (χ0v) is 12.7. The van der Waals surface area contributed by atoms with Gasteiger partial charge in [-0.05, 0) is 18.6 Å². The van der Waals surface area contributed by atoms with Crippen molar-refractivity contribution in [1.29, 1.82) is 5.41 Å². The number of methoxy groups -OCH3 is 1. The van der Waals surface area contributed by atoms with Crippen molar-refractivity contribution in [1.82, 2.24) is 4.57 Å². The predicted octanol–water partition coefficient (Wildman–Crippen LogP) is 1.54. The molecule has 2 rings (SSSR count). The molecule has 0 spiro atoms. The van der Waals surface area contributed by atoms with Crippen LogP contribution < -0.4 is 9.54 Å². The van der Waals surface area contributed by atoms with Gasteiger partial charge in [-0.15, -0.1) is 0 Å². The monoisotopic (exact) mass is 304 g/mol. The van der Waals surface area contributed by atoms with E-state index < -0.39 is 10.1 Å². The van der Waals surface area contributed by atoms with Crippen LogP contribution in [0.4, 0.5) is 0 Å². The van der Waals surface area contributed by atoms with E-state index in [-0.39, 0.29) is 0 Å². The van der Waals surface area contributed by atoms with Crippen LogP contribution in [0.1, 0.15) is 5.56 Å². The van der Waals surface area contributed by atoms with Gasteiger partial charge in [0.25, 0.3) is 10.1 Å². The molecule has 0 amide bonds. The Morgan fingerprint density at radius 3 is 2.42 bits per heavy atom. The van der Waals surface area contributed by atoms with Gasteiger partial charge in [0.2, 0.25) is 0 Å². The Morgan fingerprint density at radius 1 is 1.42 bits per heavy atom. The lowest BCUT2D eigenvalue weighted by Crippen LogP contribution is -2.07. The zero-order valence-electron chi connectivity index (χ0n) is 11.1. The smallest absolute Gasteiger partial charge is 0.261 e. The van der Waals surface area contributed by atoms with Crippen molar-refractivity contribution in [2.75, 3.05) is 13.4 Å². The van der Waals surface area contributed by atoms with Crippen molar-refractivity contribution in [3.63, 3.8) is 0 Å². The minimum atomic E-state index is -3.67. The molecule has 0 saturated heterocycles. The summed E-state index contributed by atoms with van der Waals surface area (Å²) in [5.74, 6) is 0.836. The van der Waals surface area contributed by atoms with Gasteiger partial charge in [-0.1, -0.05) is 17.4 Å². The van der Waals surface area contributed by atoms with Gasteiger partial charge in [0.1, 0.15) is 11.3 Å². The average molecular weight is 304 g/mol. The van der Waals surface area contributed by atoms with Gasteiger partial charge in [0.05, 0.1) is 18.1 Å². The molecule has 0 aliphatic rings. The Bertz CT molecular complexity index is 736. The van der Waals surface area contributed by atoms with Crippen LogP contribution in [-0.2, 0) is 17.2 Å². The summed E-state index contributed by atoms with van der Waals surface area (Å²) in [4.78, 5) is 0.549. The quantitative estimate of drug-likeness (QED) is 0.782. The molecule has 0 aliphatic carbocycles. The van der Waals surface area contributed by atoms with Crippen molar-refractivity contribution in [2.45, 2.75) is 6.92 Å². The van der Waals surface area contributed by atoms with Crippen molar-refractivity contribution in [3.8, 4) is 5.75 Å². The highest BCUT2D eigenvalue weighted by Gasteiger charge is 2.09. The first-order valence-corrected chi connectivity index (χ1v) is 7.91. The van der Waals surface area contributed by atoms with E-state index in [9.17, 15) is 8.42 Å². The third-order valence-electron chi connectivity index (χ3n) is 2.35. The summed E-state index contributed by atoms with van der Waals surface area (Å²) in [5, 5.41) is 7.74. The number of nitrogens with zero attached hydrogens (tertiary/aromatic N) is 1. The molecule has 1 heterocycles. The number of nitrogens with one attached hydrogen (secondary N) is 1. The van der Waals surface area contributed by atoms with E-state index in [0.29, 0.717) is 11.1 Å². The number of thiazole rings is 1. The van der Waals surface area contributed by atoms with Crippen LogP contribution in [0.2, 0.25) is 0 Å². The molecule has 8 heteroatoms. The molecule has 0 atom stereocenters. The molecule has 0 fully saturated rings. The highest BCUT2D eigenvalue weighted by molar-refractivity contribution is 7.85. The summed E-state index contributed by atoms with van der Waals surface area (Å²) < 4.78 is 34.1. The molecule has 1 aromatic heterocycles. The van der Waals surface area contributed by atoms with Crippen LogP contribution >= 0.6 is 11.3 Å². The first-order chi connectivity index (χ1) is 8.65. The fourth-order valence-corrected chi connectivity index (χ4v) is 2.52. The van der Waals surface area contributed by atoms with Crippen molar-refractivity contribution in [3.05, 3.63) is 22.5 Å². The SMILES string of the molecule is COc1ccc(C)c2sc(=N)n(C)c12.CS(=O)(=O)O. The molecule has 0 saturated carbocycles. The third-order valence-corrected chi connectivity index (χ3v) is 3.54. The fourth-order valence-electron chi connectivity index (χ4n) is 1.53. The van der Waals surface area contributed by atoms with E-state index in [1.54, 1.807) is 7.11 Å². The normalized spacial score (nSPS) is 11.0. The Kier molecular flexibility index (Phi) is 4.72. The molecule has 0 bridgehead atoms. The standard InChI is InChI=1S/C10H12N2OS.CH4O3S/c1-6-4-5-7(13-3)8-9(6)14-10(11)12(8)2;1-5(2,3)4/h4-5,11H,1-3H3;1H3,(H,2,3,4). The van der Waals surface area contributed by atoms with E-state index in [1.165, 1.54) is 16.9 Å². The van der Waals surface area contributed by atoms with E-state index in [0.717, 1.165) is 16.0 Å². The number of ether oxygens (including phenoxy) is 1. The van der Waals surface area contributed by atoms with E-state index in [2.05, 4.69) is 6.92 Å². The highest BCUT2D eigenvalue weighted by Crippen LogP contribution is 2.29. The number of aromatic nitrogens is 1. The van der Waals surface area contributed by atoms with Gasteiger partial charge in [-0.2, -0.15) is 8.42 Å². The summed E-state index contributed by atoms with van der Waals surface area (Å²) in [7, 11) is -0.117. The number of hydrogen-bond acceptors (Lipinski definition) is 5. The van der Waals surface area contributed by atoms with Crippen molar-refractivity contribution >= 4 is 31.7 Å². The number of rotatable bonds is 1. The van der Waals surface area contributed by atoms with Gasteiger partial charge in [0, 0.05) is 7.05 Å². The highest BCUT2D eigenvalue weighted by atomic mass is 32.2. The second-order valence-electron chi connectivity index (χ2n) is 3.96. The summed E-state index contributed by atoms with van der Waals surface area (Å²) in [6.07, 6.45) is 0.715. The second-order valence-corrected chi connectivity index (χ2v) is 6.43. The van der Waals surface area contributed by atoms with Crippen molar-refractivity contribution in [2.24, 2.45) is 7.05 Å². The maximum atomic E-state index is 9.19. The number of fused-ring (bicyclic) bond motifs is 1. The Balaban J connectivity index is 0.000000312. The third kappa shape index (κ3) is 4.05. The average Bonchev–Trinajstić information content (AvgIpc) is 2.56. The van der Waals surface area contributed by atoms with Crippen LogP contribution in [0.5, 0.6) is 5.75 Å². The van der Waals surface area contributed by atoms with Crippen LogP contribution in [0.15, 0.2) is 12.1 Å². The van der Waals surface area contributed by atoms with Crippen LogP contribution in [0.25, 0.3) is 10.2 Å². The molecule has 6 nitrogen and oxygen atoms in total. The zero-order chi connectivity index (χ0) is 14.8. The van der Waals surface area contributed by atoms with Gasteiger partial charge >= 0.3 is 0 Å². The van der Waals surface area contributed by atoms with Crippen LogP contribution in [-0.4, -0.2) is 30.9 Å². The molecule has 1 aromatic carbocycles. The Morgan fingerprint density at radius 2 is 1.95 bits per heavy atom. The number of benzene rings is 1. The topological polar surface area (TPSA) is 92.4 Å². The summed E-state index contributed by atoms with van der Waals surface area (Å²) >= 11 is 1.48. The van der Waals surface area contributed by atoms with E-state index in [1.807, 2.05) is 23.7 Å². The molecule has 0 unspecified atom stereocenters. The minimum Gasteiger partial charge on any atom is -0.495 e. The summed E-state index contributed by atoms with van der Waals surface area (Å²) in [6.45, 7) is 2.05. The number of aryl methyl sites for hydroxylation is 2. The largest absolute Gasteiger partial charge is 0.495 e. The van der Waals surface area contributed by atoms with E-state index in [4.69, 9.17) is 14.7 Å². The van der Waals surface area contributed by atoms with Gasteiger partial charge in [-0.3, -0.25) is 9.96 Å². The molecule has 2 N–H and O–H groups in total. The molecule has 2 aromatic rings. The molecular weight excluding hydrogens is 288 g/mol. The predicted molar refractivity (Wildman–Crippen MR) is 75.4 cm³/mol. The molecule has 106 valence electrons. The first kappa shape index (κ1) is 15.7. The number of hydrogen-bond donors (Lipinski definition) is 2. The van der Waals surface area contributed by atoms with Gasteiger partial charge in [-0.25, -0.2) is 0 Å². The van der Waals surface area contributed by atoms with Crippen molar-refractivity contribution < 1.29 is 17.7 Å². The van der Waals surface area contributed by atoms with Crippen LogP contribution in [0.3, 0.4) is 0 Å². The molecular formula is C11H16N2O4S2. The lowest BCUT2D eigenvalue weighted by Gasteiger charge is -2.04. The van der Waals surface area contributed by atoms with Gasteiger partial charge < -0.3 is 9.30 Å².